The van der Waals surface area contributed by atoms with E-state index in [2.05, 4.69) is 15.6 Å². The lowest BCUT2D eigenvalue weighted by molar-refractivity contribution is -0.119. The lowest BCUT2D eigenvalue weighted by Crippen LogP contribution is -2.36. The van der Waals surface area contributed by atoms with Crippen molar-refractivity contribution in [1.29, 1.82) is 0 Å². The quantitative estimate of drug-likeness (QED) is 0.814. The molecule has 0 fully saturated rings. The van der Waals surface area contributed by atoms with Crippen molar-refractivity contribution in [3.8, 4) is 0 Å². The van der Waals surface area contributed by atoms with Crippen molar-refractivity contribution in [1.82, 2.24) is 9.88 Å². The average Bonchev–Trinajstić information content (AvgIpc) is 2.52. The van der Waals surface area contributed by atoms with Gasteiger partial charge in [0.25, 0.3) is 0 Å². The first kappa shape index (κ1) is 19.9. The molecule has 0 bridgehead atoms. The highest BCUT2D eigenvalue weighted by Gasteiger charge is 2.13. The molecule has 0 saturated carbocycles. The second-order valence-electron chi connectivity index (χ2n) is 6.40. The van der Waals surface area contributed by atoms with E-state index in [-0.39, 0.29) is 24.9 Å². The predicted octanol–water partition coefficient (Wildman–Crippen LogP) is 3.17. The number of likely N-dealkylation sites (N-methyl/N-ethyl adjacent to an activating group) is 1. The van der Waals surface area contributed by atoms with Crippen molar-refractivity contribution < 1.29 is 9.59 Å². The maximum absolute atomic E-state index is 12.3. The Bertz CT molecular complexity index is 783. The molecule has 0 saturated heterocycles. The molecule has 2 amide bonds. The lowest BCUT2D eigenvalue weighted by Gasteiger charge is -2.17. The van der Waals surface area contributed by atoms with Gasteiger partial charge in [0.2, 0.25) is 11.8 Å². The van der Waals surface area contributed by atoms with Crippen LogP contribution in [0.25, 0.3) is 0 Å². The fourth-order valence-corrected chi connectivity index (χ4v) is 2.85. The number of aromatic nitrogens is 1. The molecule has 0 aliphatic rings. The molecular formula is C19H23ClN4O2. The van der Waals surface area contributed by atoms with Crippen molar-refractivity contribution >= 4 is 34.9 Å². The topological polar surface area (TPSA) is 74.3 Å². The Morgan fingerprint density at radius 1 is 1.04 bits per heavy atom. The zero-order chi connectivity index (χ0) is 19.3. The summed E-state index contributed by atoms with van der Waals surface area (Å²) in [4.78, 5) is 30.0. The summed E-state index contributed by atoms with van der Waals surface area (Å²) < 4.78 is 0. The zero-order valence-electron chi connectivity index (χ0n) is 15.4. The largest absolute Gasteiger partial charge is 0.324 e. The summed E-state index contributed by atoms with van der Waals surface area (Å²) in [6, 6.07) is 7.32. The molecule has 1 aromatic carbocycles. The van der Waals surface area contributed by atoms with E-state index in [0.29, 0.717) is 10.8 Å². The van der Waals surface area contributed by atoms with Crippen LogP contribution in [-0.2, 0) is 9.59 Å². The normalized spacial score (nSPS) is 10.7. The molecule has 2 N–H and O–H groups in total. The van der Waals surface area contributed by atoms with Crippen LogP contribution in [0.4, 0.5) is 11.5 Å². The number of hydrogen-bond acceptors (Lipinski definition) is 4. The van der Waals surface area contributed by atoms with Crippen molar-refractivity contribution in [3.05, 3.63) is 52.2 Å². The van der Waals surface area contributed by atoms with Crippen LogP contribution in [0.15, 0.2) is 30.5 Å². The molecule has 2 aromatic rings. The maximum atomic E-state index is 12.3. The van der Waals surface area contributed by atoms with Gasteiger partial charge in [-0.15, -0.1) is 0 Å². The standard InChI is InChI=1S/C19H23ClN4O2/c1-12-7-13(2)19(14(3)8-12)23-18(26)11-24(4)10-17(25)22-16-6-5-15(20)9-21-16/h5-9H,10-11H2,1-4H3,(H,23,26)(H,21,22,25). The first-order valence-corrected chi connectivity index (χ1v) is 8.60. The second-order valence-corrected chi connectivity index (χ2v) is 6.84. The minimum Gasteiger partial charge on any atom is -0.324 e. The van der Waals surface area contributed by atoms with Gasteiger partial charge in [0.05, 0.1) is 18.1 Å². The highest BCUT2D eigenvalue weighted by atomic mass is 35.5. The number of halogens is 1. The van der Waals surface area contributed by atoms with Crippen LogP contribution in [0.1, 0.15) is 16.7 Å². The highest BCUT2D eigenvalue weighted by Crippen LogP contribution is 2.21. The number of benzene rings is 1. The van der Waals surface area contributed by atoms with E-state index in [0.717, 1.165) is 22.4 Å². The van der Waals surface area contributed by atoms with Gasteiger partial charge in [0.15, 0.2) is 0 Å². The first-order chi connectivity index (χ1) is 12.2. The minimum atomic E-state index is -0.252. The fourth-order valence-electron chi connectivity index (χ4n) is 2.73. The molecule has 0 atom stereocenters. The fraction of sp³-hybridized carbons (Fsp3) is 0.316. The van der Waals surface area contributed by atoms with Crippen LogP contribution >= 0.6 is 11.6 Å². The lowest BCUT2D eigenvalue weighted by atomic mass is 10.1. The third kappa shape index (κ3) is 5.82. The number of hydrogen-bond donors (Lipinski definition) is 2. The van der Waals surface area contributed by atoms with Crippen LogP contribution in [0.3, 0.4) is 0 Å². The number of carbonyl (C=O) groups is 2. The number of nitrogens with zero attached hydrogens (tertiary/aromatic N) is 2. The third-order valence-electron chi connectivity index (χ3n) is 3.76. The molecule has 0 radical (unpaired) electrons. The van der Waals surface area contributed by atoms with E-state index >= 15 is 0 Å². The molecule has 2 rings (SSSR count). The predicted molar refractivity (Wildman–Crippen MR) is 105 cm³/mol. The van der Waals surface area contributed by atoms with Gasteiger partial charge in [-0.05, 0) is 51.1 Å². The Morgan fingerprint density at radius 3 is 2.15 bits per heavy atom. The van der Waals surface area contributed by atoms with Gasteiger partial charge in [-0.1, -0.05) is 29.3 Å². The molecule has 0 unspecified atom stereocenters. The van der Waals surface area contributed by atoms with Gasteiger partial charge >= 0.3 is 0 Å². The summed E-state index contributed by atoms with van der Waals surface area (Å²) in [7, 11) is 1.71. The monoisotopic (exact) mass is 374 g/mol. The molecule has 1 aromatic heterocycles. The van der Waals surface area contributed by atoms with Gasteiger partial charge in [-0.2, -0.15) is 0 Å². The van der Waals surface area contributed by atoms with Crippen molar-refractivity contribution in [2.45, 2.75) is 20.8 Å². The van der Waals surface area contributed by atoms with Gasteiger partial charge in [-0.25, -0.2) is 4.98 Å². The molecular weight excluding hydrogens is 352 g/mol. The van der Waals surface area contributed by atoms with Crippen molar-refractivity contribution in [3.63, 3.8) is 0 Å². The van der Waals surface area contributed by atoms with E-state index in [9.17, 15) is 9.59 Å². The number of anilines is 2. The summed E-state index contributed by atoms with van der Waals surface area (Å²) in [5.74, 6) is 0.000877. The number of amides is 2. The summed E-state index contributed by atoms with van der Waals surface area (Å²) in [6.45, 7) is 6.13. The Labute approximate surface area is 158 Å². The molecule has 1 heterocycles. The molecule has 6 nitrogen and oxygen atoms in total. The van der Waals surface area contributed by atoms with Crippen LogP contribution in [0.2, 0.25) is 5.02 Å². The molecule has 7 heteroatoms. The number of nitrogens with one attached hydrogen (secondary N) is 2. The Hall–Kier alpha value is -2.44. The second kappa shape index (κ2) is 8.78. The van der Waals surface area contributed by atoms with Gasteiger partial charge in [-0.3, -0.25) is 14.5 Å². The SMILES string of the molecule is Cc1cc(C)c(NC(=O)CN(C)CC(=O)Nc2ccc(Cl)cn2)c(C)c1. The summed E-state index contributed by atoms with van der Waals surface area (Å²) in [5.41, 5.74) is 4.02. The Morgan fingerprint density at radius 2 is 1.62 bits per heavy atom. The Balaban J connectivity index is 1.87. The number of rotatable bonds is 6. The summed E-state index contributed by atoms with van der Waals surface area (Å²) in [5, 5.41) is 6.09. The minimum absolute atomic E-state index is 0.0730. The van der Waals surface area contributed by atoms with Crippen LogP contribution < -0.4 is 10.6 Å². The molecule has 0 aliphatic carbocycles. The first-order valence-electron chi connectivity index (χ1n) is 8.22. The van der Waals surface area contributed by atoms with Crippen molar-refractivity contribution in [2.24, 2.45) is 0 Å². The van der Waals surface area contributed by atoms with Gasteiger partial charge in [0.1, 0.15) is 5.82 Å². The number of aryl methyl sites for hydroxylation is 3. The third-order valence-corrected chi connectivity index (χ3v) is 3.99. The summed E-state index contributed by atoms with van der Waals surface area (Å²) >= 11 is 5.76. The van der Waals surface area contributed by atoms with Crippen LogP contribution in [0, 0.1) is 20.8 Å². The molecule has 138 valence electrons. The van der Waals surface area contributed by atoms with E-state index in [4.69, 9.17) is 11.6 Å². The molecule has 0 spiro atoms. The highest BCUT2D eigenvalue weighted by molar-refractivity contribution is 6.30. The number of carbonyl (C=O) groups excluding carboxylic acids is 2. The molecule has 26 heavy (non-hydrogen) atoms. The van der Waals surface area contributed by atoms with Gasteiger partial charge in [0, 0.05) is 11.9 Å². The van der Waals surface area contributed by atoms with E-state index in [1.165, 1.54) is 6.20 Å². The van der Waals surface area contributed by atoms with Crippen molar-refractivity contribution in [2.75, 3.05) is 30.8 Å². The van der Waals surface area contributed by atoms with E-state index < -0.39 is 0 Å². The number of pyridine rings is 1. The van der Waals surface area contributed by atoms with E-state index in [1.807, 2.05) is 32.9 Å². The average molecular weight is 375 g/mol. The van der Waals surface area contributed by atoms with Gasteiger partial charge < -0.3 is 10.6 Å². The maximum Gasteiger partial charge on any atom is 0.239 e. The van der Waals surface area contributed by atoms with Crippen LogP contribution in [-0.4, -0.2) is 41.8 Å². The summed E-state index contributed by atoms with van der Waals surface area (Å²) in [6.07, 6.45) is 1.46. The molecule has 0 aliphatic heterocycles. The van der Waals surface area contributed by atoms with Crippen LogP contribution in [0.5, 0.6) is 0 Å². The smallest absolute Gasteiger partial charge is 0.239 e. The Kier molecular flexibility index (Phi) is 6.71. The zero-order valence-corrected chi connectivity index (χ0v) is 16.1. The van der Waals surface area contributed by atoms with E-state index in [1.54, 1.807) is 24.1 Å².